The van der Waals surface area contributed by atoms with Crippen molar-refractivity contribution >= 4 is 12.0 Å². The zero-order valence-electron chi connectivity index (χ0n) is 12.1. The van der Waals surface area contributed by atoms with Gasteiger partial charge >= 0.3 is 6.09 Å². The van der Waals surface area contributed by atoms with Crippen LogP contribution in [-0.4, -0.2) is 42.9 Å². The Morgan fingerprint density at radius 1 is 1.33 bits per heavy atom. The van der Waals surface area contributed by atoms with E-state index < -0.39 is 6.09 Å². The molecule has 0 aromatic heterocycles. The lowest BCUT2D eigenvalue weighted by Crippen LogP contribution is -2.42. The van der Waals surface area contributed by atoms with E-state index in [2.05, 4.69) is 5.32 Å². The maximum absolute atomic E-state index is 11.5. The van der Waals surface area contributed by atoms with Gasteiger partial charge in [-0.25, -0.2) is 9.86 Å². The van der Waals surface area contributed by atoms with Crippen molar-refractivity contribution in [2.75, 3.05) is 14.2 Å². The Bertz CT molecular complexity index is 286. The van der Waals surface area contributed by atoms with Crippen LogP contribution in [0.3, 0.4) is 0 Å². The van der Waals surface area contributed by atoms with Crippen molar-refractivity contribution in [2.45, 2.75) is 52.2 Å². The monoisotopic (exact) mass is 260 g/mol. The molecule has 1 unspecified atom stereocenters. The molecule has 1 atom stereocenters. The van der Waals surface area contributed by atoms with Crippen LogP contribution >= 0.6 is 0 Å². The van der Waals surface area contributed by atoms with Gasteiger partial charge in [0.15, 0.2) is 0 Å². The zero-order chi connectivity index (χ0) is 14.3. The Kier molecular flexibility index (Phi) is 6.68. The average Bonchev–Trinajstić information content (AvgIpc) is 2.21. The lowest BCUT2D eigenvalue weighted by Gasteiger charge is -2.22. The number of alkyl carbamates (subject to hydrolysis) is 1. The number of hydrogen-bond acceptors (Lipinski definition) is 4. The van der Waals surface area contributed by atoms with E-state index in [1.54, 1.807) is 14.0 Å². The van der Waals surface area contributed by atoms with Crippen LogP contribution in [0, 0.1) is 0 Å². The second-order valence-corrected chi connectivity index (χ2v) is 5.20. The molecule has 0 aromatic rings. The smallest absolute Gasteiger partial charge is 0.407 e. The number of amides is 2. The Morgan fingerprint density at radius 2 is 1.89 bits per heavy atom. The minimum Gasteiger partial charge on any atom is -0.447 e. The van der Waals surface area contributed by atoms with Gasteiger partial charge < -0.3 is 10.1 Å². The summed E-state index contributed by atoms with van der Waals surface area (Å²) >= 11 is 0. The standard InChI is InChI=1S/C12H24N2O4/c1-9(7-8-10(15)14(5)17-6)18-11(16)13-12(2,3)4/h9H,7-8H2,1-6H3,(H,13,16). The molecule has 6 nitrogen and oxygen atoms in total. The fourth-order valence-corrected chi connectivity index (χ4v) is 1.16. The molecule has 0 saturated heterocycles. The van der Waals surface area contributed by atoms with Gasteiger partial charge in [-0.05, 0) is 34.1 Å². The number of nitrogens with one attached hydrogen (secondary N) is 1. The summed E-state index contributed by atoms with van der Waals surface area (Å²) in [6, 6.07) is 0. The van der Waals surface area contributed by atoms with Gasteiger partial charge in [0, 0.05) is 19.0 Å². The largest absolute Gasteiger partial charge is 0.447 e. The molecule has 0 aliphatic rings. The Labute approximate surface area is 109 Å². The highest BCUT2D eigenvalue weighted by atomic mass is 16.7. The molecule has 0 rings (SSSR count). The minimum atomic E-state index is -0.470. The van der Waals surface area contributed by atoms with Crippen LogP contribution in [0.5, 0.6) is 0 Å². The second kappa shape index (κ2) is 7.20. The molecule has 0 fully saturated rings. The van der Waals surface area contributed by atoms with Gasteiger partial charge in [-0.2, -0.15) is 0 Å². The topological polar surface area (TPSA) is 67.9 Å². The summed E-state index contributed by atoms with van der Waals surface area (Å²) in [6.07, 6.45) is -0.0533. The summed E-state index contributed by atoms with van der Waals surface area (Å²) in [5, 5.41) is 3.85. The average molecular weight is 260 g/mol. The Hall–Kier alpha value is -1.30. The van der Waals surface area contributed by atoms with Crippen LogP contribution in [0.25, 0.3) is 0 Å². The van der Waals surface area contributed by atoms with E-state index >= 15 is 0 Å². The van der Waals surface area contributed by atoms with Gasteiger partial charge in [0.2, 0.25) is 5.91 Å². The SMILES string of the molecule is CON(C)C(=O)CCC(C)OC(=O)NC(C)(C)C. The molecule has 2 amide bonds. The lowest BCUT2D eigenvalue weighted by molar-refractivity contribution is -0.169. The number of carbonyl (C=O) groups is 2. The van der Waals surface area contributed by atoms with Crippen molar-refractivity contribution in [3.05, 3.63) is 0 Å². The van der Waals surface area contributed by atoms with E-state index in [9.17, 15) is 9.59 Å². The minimum absolute atomic E-state index is 0.149. The number of carbonyl (C=O) groups excluding carboxylic acids is 2. The predicted molar refractivity (Wildman–Crippen MR) is 67.8 cm³/mol. The van der Waals surface area contributed by atoms with Gasteiger partial charge in [0.05, 0.1) is 7.11 Å². The van der Waals surface area contributed by atoms with Gasteiger partial charge in [-0.3, -0.25) is 9.63 Å². The fourth-order valence-electron chi connectivity index (χ4n) is 1.16. The molecule has 106 valence electrons. The number of hydroxylamine groups is 2. The summed E-state index contributed by atoms with van der Waals surface area (Å²) < 4.78 is 5.13. The zero-order valence-corrected chi connectivity index (χ0v) is 12.1. The summed E-state index contributed by atoms with van der Waals surface area (Å²) in [7, 11) is 2.97. The van der Waals surface area contributed by atoms with Gasteiger partial charge in [-0.15, -0.1) is 0 Å². The molecule has 6 heteroatoms. The first-order chi connectivity index (χ1) is 8.15. The first kappa shape index (κ1) is 16.7. The molecule has 0 bridgehead atoms. The lowest BCUT2D eigenvalue weighted by atomic mass is 10.1. The van der Waals surface area contributed by atoms with Gasteiger partial charge in [-0.1, -0.05) is 0 Å². The molecule has 0 aliphatic carbocycles. The highest BCUT2D eigenvalue weighted by Gasteiger charge is 2.18. The number of nitrogens with zero attached hydrogens (tertiary/aromatic N) is 1. The third-order valence-electron chi connectivity index (χ3n) is 2.18. The molecule has 0 heterocycles. The van der Waals surface area contributed by atoms with Gasteiger partial charge in [0.1, 0.15) is 6.10 Å². The van der Waals surface area contributed by atoms with Crippen LogP contribution in [0.4, 0.5) is 4.79 Å². The number of hydrogen-bond donors (Lipinski definition) is 1. The van der Waals surface area contributed by atoms with Gasteiger partial charge in [0.25, 0.3) is 0 Å². The quantitative estimate of drug-likeness (QED) is 0.764. The van der Waals surface area contributed by atoms with E-state index in [0.29, 0.717) is 6.42 Å². The molecule has 0 aromatic carbocycles. The van der Waals surface area contributed by atoms with Crippen molar-refractivity contribution in [1.29, 1.82) is 0 Å². The van der Waals surface area contributed by atoms with Crippen molar-refractivity contribution in [3.63, 3.8) is 0 Å². The number of ether oxygens (including phenoxy) is 1. The highest BCUT2D eigenvalue weighted by molar-refractivity contribution is 5.74. The van der Waals surface area contributed by atoms with E-state index in [0.717, 1.165) is 5.06 Å². The summed E-state index contributed by atoms with van der Waals surface area (Å²) in [5.74, 6) is -0.149. The molecule has 0 spiro atoms. The van der Waals surface area contributed by atoms with Crippen LogP contribution in [0.15, 0.2) is 0 Å². The van der Waals surface area contributed by atoms with Crippen LogP contribution in [0.1, 0.15) is 40.5 Å². The molecule has 0 radical (unpaired) electrons. The summed E-state index contributed by atoms with van der Waals surface area (Å²) in [4.78, 5) is 27.6. The maximum atomic E-state index is 11.5. The molecule has 1 N–H and O–H groups in total. The first-order valence-electron chi connectivity index (χ1n) is 5.95. The van der Waals surface area contributed by atoms with Crippen LogP contribution in [-0.2, 0) is 14.4 Å². The predicted octanol–water partition coefficient (Wildman–Crippen LogP) is 1.70. The van der Waals surface area contributed by atoms with E-state index in [1.165, 1.54) is 7.11 Å². The molecule has 0 saturated carbocycles. The first-order valence-corrected chi connectivity index (χ1v) is 5.95. The van der Waals surface area contributed by atoms with Crippen molar-refractivity contribution in [3.8, 4) is 0 Å². The Morgan fingerprint density at radius 3 is 2.33 bits per heavy atom. The highest BCUT2D eigenvalue weighted by Crippen LogP contribution is 2.06. The molecular weight excluding hydrogens is 236 g/mol. The third kappa shape index (κ3) is 7.89. The van der Waals surface area contributed by atoms with Crippen LogP contribution in [0.2, 0.25) is 0 Å². The normalized spacial score (nSPS) is 12.8. The van der Waals surface area contributed by atoms with Crippen molar-refractivity contribution in [1.82, 2.24) is 10.4 Å². The third-order valence-corrected chi connectivity index (χ3v) is 2.18. The summed E-state index contributed by atoms with van der Waals surface area (Å²) in [6.45, 7) is 7.37. The fraction of sp³-hybridized carbons (Fsp3) is 0.833. The molecule has 0 aliphatic heterocycles. The van der Waals surface area contributed by atoms with Crippen LogP contribution < -0.4 is 5.32 Å². The van der Waals surface area contributed by atoms with E-state index in [1.807, 2.05) is 20.8 Å². The van der Waals surface area contributed by atoms with Crippen molar-refractivity contribution in [2.24, 2.45) is 0 Å². The van der Waals surface area contributed by atoms with E-state index in [-0.39, 0.29) is 24.0 Å². The van der Waals surface area contributed by atoms with Crippen molar-refractivity contribution < 1.29 is 19.2 Å². The molecular formula is C12H24N2O4. The Balaban J connectivity index is 3.94. The molecule has 18 heavy (non-hydrogen) atoms. The maximum Gasteiger partial charge on any atom is 0.407 e. The summed E-state index contributed by atoms with van der Waals surface area (Å²) in [5.41, 5.74) is -0.330. The second-order valence-electron chi connectivity index (χ2n) is 5.20. The number of rotatable bonds is 5. The van der Waals surface area contributed by atoms with E-state index in [4.69, 9.17) is 9.57 Å².